The van der Waals surface area contributed by atoms with E-state index in [0.717, 1.165) is 13.0 Å². The van der Waals surface area contributed by atoms with Gasteiger partial charge in [0.25, 0.3) is 5.91 Å². The van der Waals surface area contributed by atoms with E-state index in [4.69, 9.17) is 9.47 Å². The van der Waals surface area contributed by atoms with Crippen LogP contribution in [0.5, 0.6) is 5.75 Å². The summed E-state index contributed by atoms with van der Waals surface area (Å²) >= 11 is 0. The van der Waals surface area contributed by atoms with Crippen molar-refractivity contribution >= 4 is 23.5 Å². The van der Waals surface area contributed by atoms with Crippen molar-refractivity contribution in [2.75, 3.05) is 32.1 Å². The van der Waals surface area contributed by atoms with Gasteiger partial charge in [-0.2, -0.15) is 0 Å². The molecule has 2 aliphatic heterocycles. The van der Waals surface area contributed by atoms with Crippen LogP contribution in [0.25, 0.3) is 0 Å². The van der Waals surface area contributed by atoms with Gasteiger partial charge >= 0.3 is 6.03 Å². The Morgan fingerprint density at radius 1 is 1.16 bits per heavy atom. The Labute approximate surface area is 188 Å². The monoisotopic (exact) mass is 444 g/mol. The van der Waals surface area contributed by atoms with Crippen LogP contribution in [0.15, 0.2) is 18.2 Å². The first-order chi connectivity index (χ1) is 15.4. The van der Waals surface area contributed by atoms with Gasteiger partial charge < -0.3 is 30.3 Å². The van der Waals surface area contributed by atoms with Gasteiger partial charge in [-0.3, -0.25) is 9.59 Å². The Hall–Kier alpha value is -2.81. The lowest BCUT2D eigenvalue weighted by Gasteiger charge is -2.42. The first-order valence-electron chi connectivity index (χ1n) is 11.5. The Kier molecular flexibility index (Phi) is 6.83. The molecular weight excluding hydrogens is 412 g/mol. The number of hydrogen-bond acceptors (Lipinski definition) is 5. The second-order valence-electron chi connectivity index (χ2n) is 8.82. The number of anilines is 1. The van der Waals surface area contributed by atoms with Crippen LogP contribution in [-0.2, 0) is 9.53 Å². The molecule has 174 valence electrons. The van der Waals surface area contributed by atoms with E-state index in [9.17, 15) is 14.4 Å². The van der Waals surface area contributed by atoms with Crippen molar-refractivity contribution in [2.24, 2.45) is 5.92 Å². The summed E-state index contributed by atoms with van der Waals surface area (Å²) in [6.45, 7) is 3.39. The highest BCUT2D eigenvalue weighted by molar-refractivity contribution is 5.99. The van der Waals surface area contributed by atoms with E-state index in [2.05, 4.69) is 16.0 Å². The van der Waals surface area contributed by atoms with Crippen molar-refractivity contribution in [3.8, 4) is 5.75 Å². The van der Waals surface area contributed by atoms with E-state index in [0.29, 0.717) is 48.9 Å². The van der Waals surface area contributed by atoms with Crippen LogP contribution in [0.2, 0.25) is 0 Å². The molecule has 3 atom stereocenters. The summed E-state index contributed by atoms with van der Waals surface area (Å²) in [6.07, 6.45) is 3.70. The Morgan fingerprint density at radius 2 is 1.97 bits per heavy atom. The maximum Gasteiger partial charge on any atom is 0.319 e. The minimum Gasteiger partial charge on any atom is -0.490 e. The van der Waals surface area contributed by atoms with Crippen molar-refractivity contribution in [3.63, 3.8) is 0 Å². The summed E-state index contributed by atoms with van der Waals surface area (Å²) in [5, 5.41) is 8.39. The molecule has 32 heavy (non-hydrogen) atoms. The normalized spacial score (nSPS) is 24.9. The van der Waals surface area contributed by atoms with Gasteiger partial charge in [0.1, 0.15) is 18.5 Å². The zero-order valence-corrected chi connectivity index (χ0v) is 18.7. The number of likely N-dealkylation sites (N-methyl/N-ethyl adjacent to an activating group) is 1. The summed E-state index contributed by atoms with van der Waals surface area (Å²) in [7, 11) is 1.77. The van der Waals surface area contributed by atoms with Gasteiger partial charge in [-0.15, -0.1) is 0 Å². The first kappa shape index (κ1) is 22.4. The molecule has 0 unspecified atom stereocenters. The quantitative estimate of drug-likeness (QED) is 0.623. The molecular formula is C23H32N4O5. The Bertz CT molecular complexity index is 872. The molecule has 1 saturated carbocycles. The number of fused-ring (bicyclic) bond motifs is 2. The molecule has 0 bridgehead atoms. The second-order valence-corrected chi connectivity index (χ2v) is 8.82. The number of ether oxygens (including phenoxy) is 2. The summed E-state index contributed by atoms with van der Waals surface area (Å²) < 4.78 is 12.2. The SMILES string of the molecule is CCNC(=O)Nc1ccc2c(c1)C(=O)N(C)[C@@H]1CC[C@@H](CC(=O)NCC3CC3)O[C@H]1CO2. The number of nitrogens with one attached hydrogen (secondary N) is 3. The van der Waals surface area contributed by atoms with Gasteiger partial charge in [0, 0.05) is 25.8 Å². The zero-order chi connectivity index (χ0) is 22.7. The minimum absolute atomic E-state index is 0.0222. The van der Waals surface area contributed by atoms with Crippen LogP contribution in [0, 0.1) is 5.92 Å². The van der Waals surface area contributed by atoms with E-state index >= 15 is 0 Å². The fourth-order valence-corrected chi connectivity index (χ4v) is 4.30. The third-order valence-corrected chi connectivity index (χ3v) is 6.30. The third kappa shape index (κ3) is 5.32. The Balaban J connectivity index is 1.41. The molecule has 0 spiro atoms. The van der Waals surface area contributed by atoms with Crippen molar-refractivity contribution in [1.82, 2.24) is 15.5 Å². The average molecular weight is 445 g/mol. The van der Waals surface area contributed by atoms with Crippen LogP contribution in [0.3, 0.4) is 0 Å². The van der Waals surface area contributed by atoms with Crippen molar-refractivity contribution in [2.45, 2.75) is 57.3 Å². The molecule has 9 nitrogen and oxygen atoms in total. The highest BCUT2D eigenvalue weighted by Crippen LogP contribution is 2.32. The lowest BCUT2D eigenvalue weighted by atomic mass is 9.94. The summed E-state index contributed by atoms with van der Waals surface area (Å²) in [4.78, 5) is 39.0. The molecule has 3 aliphatic rings. The van der Waals surface area contributed by atoms with Crippen LogP contribution in [0.4, 0.5) is 10.5 Å². The van der Waals surface area contributed by atoms with Gasteiger partial charge in [-0.05, 0) is 56.7 Å². The van der Waals surface area contributed by atoms with Gasteiger partial charge in [-0.1, -0.05) is 0 Å². The smallest absolute Gasteiger partial charge is 0.319 e. The molecule has 4 rings (SSSR count). The molecule has 3 N–H and O–H groups in total. The fraction of sp³-hybridized carbons (Fsp3) is 0.609. The molecule has 1 aliphatic carbocycles. The van der Waals surface area contributed by atoms with Crippen LogP contribution >= 0.6 is 0 Å². The molecule has 0 aromatic heterocycles. The third-order valence-electron chi connectivity index (χ3n) is 6.30. The molecule has 1 aromatic carbocycles. The average Bonchev–Trinajstić information content (AvgIpc) is 3.60. The van der Waals surface area contributed by atoms with Gasteiger partial charge in [-0.25, -0.2) is 4.79 Å². The standard InChI is InChI=1S/C23H32N4O5/c1-3-24-23(30)26-15-6-9-19-17(10-15)22(29)27(2)18-8-7-16(32-20(18)13-31-19)11-21(28)25-12-14-4-5-14/h6,9-10,14,16,18,20H,3-5,7-8,11-13H2,1-2H3,(H,25,28)(H2,24,26,30)/t16-,18+,20-/m0/s1. The van der Waals surface area contributed by atoms with E-state index in [1.165, 1.54) is 12.8 Å². The lowest BCUT2D eigenvalue weighted by molar-refractivity contribution is -0.134. The maximum atomic E-state index is 13.2. The summed E-state index contributed by atoms with van der Waals surface area (Å²) in [5.41, 5.74) is 0.927. The molecule has 1 aromatic rings. The van der Waals surface area contributed by atoms with Crippen molar-refractivity contribution in [3.05, 3.63) is 23.8 Å². The number of carbonyl (C=O) groups is 3. The van der Waals surface area contributed by atoms with Gasteiger partial charge in [0.2, 0.25) is 5.91 Å². The van der Waals surface area contributed by atoms with Crippen LogP contribution in [0.1, 0.15) is 49.4 Å². The molecule has 0 radical (unpaired) electrons. The number of urea groups is 1. The lowest BCUT2D eigenvalue weighted by Crippen LogP contribution is -2.54. The van der Waals surface area contributed by atoms with Crippen LogP contribution in [-0.4, -0.2) is 67.7 Å². The number of rotatable bonds is 6. The number of hydrogen-bond donors (Lipinski definition) is 3. The van der Waals surface area contributed by atoms with Gasteiger partial charge in [0.15, 0.2) is 0 Å². The number of carbonyl (C=O) groups excluding carboxylic acids is 3. The number of benzene rings is 1. The highest BCUT2D eigenvalue weighted by Gasteiger charge is 2.39. The van der Waals surface area contributed by atoms with Crippen LogP contribution < -0.4 is 20.7 Å². The molecule has 4 amide bonds. The molecule has 2 heterocycles. The largest absolute Gasteiger partial charge is 0.490 e. The van der Waals surface area contributed by atoms with Gasteiger partial charge in [0.05, 0.1) is 24.1 Å². The Morgan fingerprint density at radius 3 is 2.72 bits per heavy atom. The second kappa shape index (κ2) is 9.77. The summed E-state index contributed by atoms with van der Waals surface area (Å²) in [5.74, 6) is 0.938. The van der Waals surface area contributed by atoms with E-state index < -0.39 is 0 Å². The topological polar surface area (TPSA) is 109 Å². The zero-order valence-electron chi connectivity index (χ0n) is 18.7. The molecule has 1 saturated heterocycles. The fourth-order valence-electron chi connectivity index (χ4n) is 4.30. The summed E-state index contributed by atoms with van der Waals surface area (Å²) in [6, 6.07) is 4.57. The number of amides is 4. The maximum absolute atomic E-state index is 13.2. The predicted octanol–water partition coefficient (Wildman–Crippen LogP) is 2.12. The highest BCUT2D eigenvalue weighted by atomic mass is 16.5. The molecule has 2 fully saturated rings. The minimum atomic E-state index is -0.326. The van der Waals surface area contributed by atoms with Crippen molar-refractivity contribution in [1.29, 1.82) is 0 Å². The first-order valence-corrected chi connectivity index (χ1v) is 11.5. The van der Waals surface area contributed by atoms with E-state index in [1.54, 1.807) is 30.1 Å². The van der Waals surface area contributed by atoms with E-state index in [-0.39, 0.29) is 36.1 Å². The van der Waals surface area contributed by atoms with E-state index in [1.807, 2.05) is 6.92 Å². The number of nitrogens with zero attached hydrogens (tertiary/aromatic N) is 1. The van der Waals surface area contributed by atoms with Crippen molar-refractivity contribution < 1.29 is 23.9 Å². The predicted molar refractivity (Wildman–Crippen MR) is 119 cm³/mol. The molecule has 9 heteroatoms.